The van der Waals surface area contributed by atoms with E-state index in [1.165, 1.54) is 11.7 Å². The Kier molecular flexibility index (Phi) is 5.16. The van der Waals surface area contributed by atoms with Gasteiger partial charge in [-0.2, -0.15) is 4.98 Å². The second-order valence-corrected chi connectivity index (χ2v) is 6.27. The number of rotatable bonds is 5. The van der Waals surface area contributed by atoms with Gasteiger partial charge >= 0.3 is 0 Å². The SMILES string of the molecule is COc1cccn(CC(=O)N2CCC(Cc3noc(C)n3)CC2)c1=O. The van der Waals surface area contributed by atoms with E-state index in [9.17, 15) is 9.59 Å². The van der Waals surface area contributed by atoms with Gasteiger partial charge in [-0.25, -0.2) is 0 Å². The molecule has 1 amide bonds. The maximum atomic E-state index is 12.5. The summed E-state index contributed by atoms with van der Waals surface area (Å²) in [6.07, 6.45) is 4.17. The van der Waals surface area contributed by atoms with Gasteiger partial charge in [0, 0.05) is 32.6 Å². The van der Waals surface area contributed by atoms with Crippen LogP contribution < -0.4 is 10.3 Å². The molecule has 0 spiro atoms. The van der Waals surface area contributed by atoms with Crippen LogP contribution in [0, 0.1) is 12.8 Å². The van der Waals surface area contributed by atoms with Crippen molar-refractivity contribution >= 4 is 5.91 Å². The minimum atomic E-state index is -0.291. The highest BCUT2D eigenvalue weighted by molar-refractivity contribution is 5.76. The fourth-order valence-electron chi connectivity index (χ4n) is 3.11. The number of carbonyl (C=O) groups excluding carboxylic acids is 1. The fourth-order valence-corrected chi connectivity index (χ4v) is 3.11. The van der Waals surface area contributed by atoms with E-state index in [0.717, 1.165) is 25.1 Å². The first kappa shape index (κ1) is 17.2. The lowest BCUT2D eigenvalue weighted by Gasteiger charge is -2.31. The number of hydrogen-bond acceptors (Lipinski definition) is 6. The van der Waals surface area contributed by atoms with Crippen LogP contribution in [0.15, 0.2) is 27.6 Å². The molecule has 3 heterocycles. The first-order valence-corrected chi connectivity index (χ1v) is 8.37. The summed E-state index contributed by atoms with van der Waals surface area (Å²) in [7, 11) is 1.44. The van der Waals surface area contributed by atoms with Gasteiger partial charge in [0.2, 0.25) is 11.8 Å². The third kappa shape index (κ3) is 4.07. The van der Waals surface area contributed by atoms with Crippen molar-refractivity contribution in [1.29, 1.82) is 0 Å². The summed E-state index contributed by atoms with van der Waals surface area (Å²) in [4.78, 5) is 30.6. The molecule has 3 rings (SSSR count). The molecule has 0 saturated carbocycles. The molecular formula is C17H22N4O4. The molecule has 0 unspecified atom stereocenters. The van der Waals surface area contributed by atoms with Crippen molar-refractivity contribution in [3.8, 4) is 5.75 Å². The number of methoxy groups -OCH3 is 1. The lowest BCUT2D eigenvalue weighted by molar-refractivity contribution is -0.133. The summed E-state index contributed by atoms with van der Waals surface area (Å²) in [6.45, 7) is 3.17. The Hall–Kier alpha value is -2.64. The second-order valence-electron chi connectivity index (χ2n) is 6.27. The van der Waals surface area contributed by atoms with Gasteiger partial charge in [-0.1, -0.05) is 5.16 Å². The summed E-state index contributed by atoms with van der Waals surface area (Å²) in [5.74, 6) is 1.94. The molecule has 1 aliphatic heterocycles. The Balaban J connectivity index is 1.54. The molecule has 8 nitrogen and oxygen atoms in total. The Morgan fingerprint density at radius 2 is 2.16 bits per heavy atom. The predicted octanol–water partition coefficient (Wildman–Crippen LogP) is 1.03. The molecule has 1 aliphatic rings. The number of carbonyl (C=O) groups is 1. The molecule has 0 radical (unpaired) electrons. The number of aryl methyl sites for hydroxylation is 1. The van der Waals surface area contributed by atoms with E-state index in [0.29, 0.717) is 24.9 Å². The van der Waals surface area contributed by atoms with Gasteiger partial charge in [0.05, 0.1) is 7.11 Å². The first-order valence-electron chi connectivity index (χ1n) is 8.37. The minimum absolute atomic E-state index is 0.0325. The molecule has 0 bridgehead atoms. The van der Waals surface area contributed by atoms with Crippen LogP contribution in [-0.4, -0.2) is 45.7 Å². The number of piperidine rings is 1. The van der Waals surface area contributed by atoms with Crippen LogP contribution in [0.3, 0.4) is 0 Å². The Morgan fingerprint density at radius 3 is 2.80 bits per heavy atom. The van der Waals surface area contributed by atoms with Crippen LogP contribution in [0.1, 0.15) is 24.6 Å². The summed E-state index contributed by atoms with van der Waals surface area (Å²) in [6, 6.07) is 3.29. The van der Waals surface area contributed by atoms with Crippen LogP contribution in [-0.2, 0) is 17.8 Å². The zero-order valence-electron chi connectivity index (χ0n) is 14.5. The standard InChI is InChI=1S/C17H22N4O4/c1-12-18-15(19-25-12)10-13-5-8-20(9-6-13)16(22)11-21-7-3-4-14(24-2)17(21)23/h3-4,7,13H,5-6,8-11H2,1-2H3. The zero-order valence-corrected chi connectivity index (χ0v) is 14.5. The number of likely N-dealkylation sites (tertiary alicyclic amines) is 1. The smallest absolute Gasteiger partial charge is 0.293 e. The number of pyridine rings is 1. The van der Waals surface area contributed by atoms with Crippen molar-refractivity contribution in [2.75, 3.05) is 20.2 Å². The lowest BCUT2D eigenvalue weighted by atomic mass is 9.93. The second kappa shape index (κ2) is 7.50. The molecule has 8 heteroatoms. The number of nitrogens with zero attached hydrogens (tertiary/aromatic N) is 4. The van der Waals surface area contributed by atoms with Gasteiger partial charge in [0.1, 0.15) is 6.54 Å². The minimum Gasteiger partial charge on any atom is -0.491 e. The number of amides is 1. The third-order valence-corrected chi connectivity index (χ3v) is 4.52. The monoisotopic (exact) mass is 346 g/mol. The summed E-state index contributed by atoms with van der Waals surface area (Å²) in [5.41, 5.74) is -0.291. The molecule has 2 aromatic rings. The first-order chi connectivity index (χ1) is 12.1. The van der Waals surface area contributed by atoms with Crippen molar-refractivity contribution in [1.82, 2.24) is 19.6 Å². The number of aromatic nitrogens is 3. The van der Waals surface area contributed by atoms with Crippen molar-refractivity contribution in [3.63, 3.8) is 0 Å². The van der Waals surface area contributed by atoms with Crippen molar-refractivity contribution in [3.05, 3.63) is 40.4 Å². The topological polar surface area (TPSA) is 90.5 Å². The molecule has 25 heavy (non-hydrogen) atoms. The van der Waals surface area contributed by atoms with E-state index in [-0.39, 0.29) is 23.8 Å². The highest BCUT2D eigenvalue weighted by Crippen LogP contribution is 2.21. The van der Waals surface area contributed by atoms with Crippen LogP contribution in [0.5, 0.6) is 5.75 Å². The molecule has 1 saturated heterocycles. The van der Waals surface area contributed by atoms with Crippen LogP contribution >= 0.6 is 0 Å². The largest absolute Gasteiger partial charge is 0.491 e. The third-order valence-electron chi connectivity index (χ3n) is 4.52. The normalized spacial score (nSPS) is 15.4. The van der Waals surface area contributed by atoms with Crippen molar-refractivity contribution < 1.29 is 14.1 Å². The van der Waals surface area contributed by atoms with Gasteiger partial charge in [-0.05, 0) is 30.9 Å². The molecule has 0 N–H and O–H groups in total. The van der Waals surface area contributed by atoms with E-state index in [2.05, 4.69) is 10.1 Å². The average molecular weight is 346 g/mol. The molecule has 0 aromatic carbocycles. The van der Waals surface area contributed by atoms with Gasteiger partial charge < -0.3 is 18.7 Å². The summed E-state index contributed by atoms with van der Waals surface area (Å²) in [5, 5.41) is 3.93. The van der Waals surface area contributed by atoms with Crippen molar-refractivity contribution in [2.45, 2.75) is 32.7 Å². The number of ether oxygens (including phenoxy) is 1. The van der Waals surface area contributed by atoms with Crippen molar-refractivity contribution in [2.24, 2.45) is 5.92 Å². The van der Waals surface area contributed by atoms with E-state index < -0.39 is 0 Å². The maximum Gasteiger partial charge on any atom is 0.293 e. The molecule has 0 aliphatic carbocycles. The maximum absolute atomic E-state index is 12.5. The zero-order chi connectivity index (χ0) is 17.8. The predicted molar refractivity (Wildman–Crippen MR) is 89.3 cm³/mol. The van der Waals surface area contributed by atoms with Crippen LogP contribution in [0.25, 0.3) is 0 Å². The highest BCUT2D eigenvalue weighted by atomic mass is 16.5. The van der Waals surface area contributed by atoms with Gasteiger partial charge in [-0.3, -0.25) is 9.59 Å². The summed E-state index contributed by atoms with van der Waals surface area (Å²) < 4.78 is 11.4. The van der Waals surface area contributed by atoms with Gasteiger partial charge in [0.15, 0.2) is 11.6 Å². The Morgan fingerprint density at radius 1 is 1.40 bits per heavy atom. The van der Waals surface area contributed by atoms with Gasteiger partial charge in [-0.15, -0.1) is 0 Å². The highest BCUT2D eigenvalue weighted by Gasteiger charge is 2.24. The van der Waals surface area contributed by atoms with E-state index >= 15 is 0 Å². The average Bonchev–Trinajstić information content (AvgIpc) is 3.02. The lowest BCUT2D eigenvalue weighted by Crippen LogP contribution is -2.41. The molecular weight excluding hydrogens is 324 g/mol. The fraction of sp³-hybridized carbons (Fsp3) is 0.529. The molecule has 0 atom stereocenters. The summed E-state index contributed by atoms with van der Waals surface area (Å²) >= 11 is 0. The number of hydrogen-bond donors (Lipinski definition) is 0. The molecule has 1 fully saturated rings. The van der Waals surface area contributed by atoms with E-state index in [1.54, 1.807) is 25.3 Å². The molecule has 2 aromatic heterocycles. The Labute approximate surface area is 145 Å². The van der Waals surface area contributed by atoms with E-state index in [1.807, 2.05) is 4.90 Å². The van der Waals surface area contributed by atoms with Crippen LogP contribution in [0.4, 0.5) is 0 Å². The molecule has 134 valence electrons. The quantitative estimate of drug-likeness (QED) is 0.803. The van der Waals surface area contributed by atoms with Crippen LogP contribution in [0.2, 0.25) is 0 Å². The van der Waals surface area contributed by atoms with E-state index in [4.69, 9.17) is 9.26 Å². The Bertz CT molecular complexity index is 790. The van der Waals surface area contributed by atoms with Gasteiger partial charge in [0.25, 0.3) is 5.56 Å².